The highest BCUT2D eigenvalue weighted by molar-refractivity contribution is 5.98. The molecule has 1 aromatic rings. The first-order chi connectivity index (χ1) is 11.2. The summed E-state index contributed by atoms with van der Waals surface area (Å²) in [7, 11) is 0. The minimum atomic E-state index is -0.0462. The van der Waals surface area contributed by atoms with E-state index in [1.165, 1.54) is 0 Å². The monoisotopic (exact) mass is 313 g/mol. The van der Waals surface area contributed by atoms with Crippen LogP contribution >= 0.6 is 0 Å². The van der Waals surface area contributed by atoms with Crippen LogP contribution < -0.4 is 16.0 Å². The quantitative estimate of drug-likeness (QED) is 0.770. The van der Waals surface area contributed by atoms with E-state index in [-0.39, 0.29) is 17.4 Å². The van der Waals surface area contributed by atoms with Gasteiger partial charge in [0.05, 0.1) is 0 Å². The predicted molar refractivity (Wildman–Crippen MR) is 87.3 cm³/mol. The Morgan fingerprint density at radius 2 is 1.65 bits per heavy atom. The van der Waals surface area contributed by atoms with Crippen molar-refractivity contribution in [2.45, 2.75) is 43.7 Å². The second-order valence-corrected chi connectivity index (χ2v) is 7.13. The molecular formula is C18H23N3O2. The van der Waals surface area contributed by atoms with Crippen molar-refractivity contribution in [3.63, 3.8) is 0 Å². The fourth-order valence-electron chi connectivity index (χ4n) is 3.46. The van der Waals surface area contributed by atoms with Crippen LogP contribution in [0.2, 0.25) is 0 Å². The highest BCUT2D eigenvalue weighted by Crippen LogP contribution is 2.44. The van der Waals surface area contributed by atoms with Crippen molar-refractivity contribution in [2.75, 3.05) is 13.1 Å². The molecule has 23 heavy (non-hydrogen) atoms. The summed E-state index contributed by atoms with van der Waals surface area (Å²) >= 11 is 0. The first kappa shape index (κ1) is 14.7. The molecule has 1 atom stereocenters. The summed E-state index contributed by atoms with van der Waals surface area (Å²) in [5, 5.41) is 9.57. The Morgan fingerprint density at radius 1 is 1.00 bits per heavy atom. The van der Waals surface area contributed by atoms with Gasteiger partial charge in [-0.05, 0) is 68.8 Å². The molecule has 1 heterocycles. The topological polar surface area (TPSA) is 70.2 Å². The number of rotatable bonds is 5. The van der Waals surface area contributed by atoms with Gasteiger partial charge in [-0.3, -0.25) is 9.59 Å². The third-order valence-corrected chi connectivity index (χ3v) is 5.31. The minimum Gasteiger partial charge on any atom is -0.349 e. The van der Waals surface area contributed by atoms with Gasteiger partial charge in [0, 0.05) is 29.3 Å². The zero-order valence-corrected chi connectivity index (χ0v) is 13.2. The summed E-state index contributed by atoms with van der Waals surface area (Å²) in [6.45, 7) is 2.05. The van der Waals surface area contributed by atoms with Crippen LogP contribution in [0.1, 0.15) is 52.8 Å². The number of benzene rings is 1. The molecule has 0 aromatic heterocycles. The number of carbonyl (C=O) groups excluding carboxylic acids is 2. The summed E-state index contributed by atoms with van der Waals surface area (Å²) in [5.41, 5.74) is 1.25. The molecule has 1 saturated heterocycles. The van der Waals surface area contributed by atoms with E-state index >= 15 is 0 Å². The second-order valence-electron chi connectivity index (χ2n) is 7.13. The minimum absolute atomic E-state index is 0.00258. The average molecular weight is 313 g/mol. The van der Waals surface area contributed by atoms with Crippen molar-refractivity contribution in [2.24, 2.45) is 5.92 Å². The fraction of sp³-hybridized carbons (Fsp3) is 0.556. The SMILES string of the molecule is O=C(NC1CC1)c1ccc(C(=O)NC2(C3CCNC3)CC2)cc1. The molecule has 3 N–H and O–H groups in total. The maximum Gasteiger partial charge on any atom is 0.251 e. The van der Waals surface area contributed by atoms with Crippen molar-refractivity contribution in [1.29, 1.82) is 0 Å². The molecular weight excluding hydrogens is 290 g/mol. The van der Waals surface area contributed by atoms with Crippen LogP contribution in [0, 0.1) is 5.92 Å². The van der Waals surface area contributed by atoms with Crippen LogP contribution in [0.15, 0.2) is 24.3 Å². The third-order valence-electron chi connectivity index (χ3n) is 5.31. The average Bonchev–Trinajstić information content (AvgIpc) is 3.48. The van der Waals surface area contributed by atoms with Gasteiger partial charge in [0.25, 0.3) is 11.8 Å². The van der Waals surface area contributed by atoms with Gasteiger partial charge < -0.3 is 16.0 Å². The van der Waals surface area contributed by atoms with Crippen LogP contribution in [0.4, 0.5) is 0 Å². The predicted octanol–water partition coefficient (Wildman–Crippen LogP) is 1.45. The van der Waals surface area contributed by atoms with Gasteiger partial charge in [0.1, 0.15) is 0 Å². The smallest absolute Gasteiger partial charge is 0.251 e. The van der Waals surface area contributed by atoms with E-state index in [1.807, 2.05) is 0 Å². The van der Waals surface area contributed by atoms with Crippen LogP contribution in [0.25, 0.3) is 0 Å². The first-order valence-corrected chi connectivity index (χ1v) is 8.60. The third kappa shape index (κ3) is 3.11. The lowest BCUT2D eigenvalue weighted by molar-refractivity contribution is 0.0912. The van der Waals surface area contributed by atoms with Gasteiger partial charge in [-0.1, -0.05) is 0 Å². The Kier molecular flexibility index (Phi) is 3.60. The lowest BCUT2D eigenvalue weighted by Gasteiger charge is -2.23. The number of carbonyl (C=O) groups is 2. The van der Waals surface area contributed by atoms with Crippen LogP contribution in [-0.2, 0) is 0 Å². The van der Waals surface area contributed by atoms with Crippen molar-refractivity contribution in [1.82, 2.24) is 16.0 Å². The standard InChI is InChI=1S/C18H23N3O2/c22-16(20-15-5-6-15)12-1-3-13(4-2-12)17(23)21-18(8-9-18)14-7-10-19-11-14/h1-4,14-15,19H,5-11H2,(H,20,22)(H,21,23). The number of nitrogens with one attached hydrogen (secondary N) is 3. The zero-order valence-electron chi connectivity index (χ0n) is 13.2. The van der Waals surface area contributed by atoms with E-state index in [0.717, 1.165) is 45.2 Å². The van der Waals surface area contributed by atoms with Gasteiger partial charge in [-0.25, -0.2) is 0 Å². The lowest BCUT2D eigenvalue weighted by Crippen LogP contribution is -2.43. The molecule has 2 saturated carbocycles. The zero-order chi connectivity index (χ0) is 15.9. The molecule has 0 bridgehead atoms. The summed E-state index contributed by atoms with van der Waals surface area (Å²) in [4.78, 5) is 24.5. The molecule has 5 heteroatoms. The molecule has 4 rings (SSSR count). The van der Waals surface area contributed by atoms with E-state index in [1.54, 1.807) is 24.3 Å². The highest BCUT2D eigenvalue weighted by Gasteiger charge is 2.51. The molecule has 3 aliphatic rings. The van der Waals surface area contributed by atoms with Crippen molar-refractivity contribution < 1.29 is 9.59 Å². The largest absolute Gasteiger partial charge is 0.349 e. The number of hydrogen-bond acceptors (Lipinski definition) is 3. The van der Waals surface area contributed by atoms with Crippen LogP contribution in [-0.4, -0.2) is 36.5 Å². The maximum absolute atomic E-state index is 12.5. The molecule has 2 aliphatic carbocycles. The van der Waals surface area contributed by atoms with E-state index in [4.69, 9.17) is 0 Å². The molecule has 1 unspecified atom stereocenters. The van der Waals surface area contributed by atoms with Crippen LogP contribution in [0.5, 0.6) is 0 Å². The molecule has 0 spiro atoms. The number of hydrogen-bond donors (Lipinski definition) is 3. The molecule has 5 nitrogen and oxygen atoms in total. The Hall–Kier alpha value is -1.88. The van der Waals surface area contributed by atoms with Gasteiger partial charge in [0.15, 0.2) is 0 Å². The Bertz CT molecular complexity index is 612. The van der Waals surface area contributed by atoms with Gasteiger partial charge in [-0.2, -0.15) is 0 Å². The Balaban J connectivity index is 1.39. The Morgan fingerprint density at radius 3 is 2.17 bits per heavy atom. The summed E-state index contributed by atoms with van der Waals surface area (Å²) in [6, 6.07) is 7.33. The fourth-order valence-corrected chi connectivity index (χ4v) is 3.46. The van der Waals surface area contributed by atoms with E-state index in [2.05, 4.69) is 16.0 Å². The van der Waals surface area contributed by atoms with Crippen molar-refractivity contribution >= 4 is 11.8 Å². The summed E-state index contributed by atoms with van der Waals surface area (Å²) in [6.07, 6.45) is 5.44. The number of amides is 2. The first-order valence-electron chi connectivity index (χ1n) is 8.60. The van der Waals surface area contributed by atoms with Crippen LogP contribution in [0.3, 0.4) is 0 Å². The molecule has 1 aliphatic heterocycles. The molecule has 0 radical (unpaired) electrons. The molecule has 122 valence electrons. The lowest BCUT2D eigenvalue weighted by atomic mass is 9.96. The van der Waals surface area contributed by atoms with Crippen molar-refractivity contribution in [3.05, 3.63) is 35.4 Å². The second kappa shape index (κ2) is 5.64. The Labute approximate surface area is 136 Å². The van der Waals surface area contributed by atoms with Gasteiger partial charge >= 0.3 is 0 Å². The van der Waals surface area contributed by atoms with E-state index in [0.29, 0.717) is 23.1 Å². The summed E-state index contributed by atoms with van der Waals surface area (Å²) in [5.74, 6) is 0.480. The van der Waals surface area contributed by atoms with E-state index in [9.17, 15) is 9.59 Å². The van der Waals surface area contributed by atoms with E-state index < -0.39 is 0 Å². The maximum atomic E-state index is 12.5. The highest BCUT2D eigenvalue weighted by atomic mass is 16.2. The van der Waals surface area contributed by atoms with Gasteiger partial charge in [-0.15, -0.1) is 0 Å². The normalized spacial score (nSPS) is 25.0. The molecule has 3 fully saturated rings. The molecule has 2 amide bonds. The molecule has 1 aromatic carbocycles. The van der Waals surface area contributed by atoms with Gasteiger partial charge in [0.2, 0.25) is 0 Å². The summed E-state index contributed by atoms with van der Waals surface area (Å²) < 4.78 is 0. The van der Waals surface area contributed by atoms with Crippen molar-refractivity contribution in [3.8, 4) is 0 Å².